The number of nitrogens with one attached hydrogen (secondary N) is 1. The van der Waals surface area contributed by atoms with Crippen LogP contribution in [0, 0.1) is 0 Å². The van der Waals surface area contributed by atoms with Crippen LogP contribution in [-0.2, 0) is 0 Å². The van der Waals surface area contributed by atoms with E-state index in [1.165, 1.54) is 0 Å². The van der Waals surface area contributed by atoms with E-state index >= 15 is 0 Å². The molecule has 0 heterocycles. The highest BCUT2D eigenvalue weighted by Crippen LogP contribution is 2.54. The van der Waals surface area contributed by atoms with Crippen LogP contribution in [-0.4, -0.2) is 75.3 Å². The number of benzene rings is 1. The second kappa shape index (κ2) is 8.44. The predicted octanol–water partition coefficient (Wildman–Crippen LogP) is 2.05. The molecule has 0 bridgehead atoms. The van der Waals surface area contributed by atoms with Crippen molar-refractivity contribution in [2.75, 3.05) is 55.4 Å². The maximum atomic E-state index is 12.0. The second-order valence-corrected chi connectivity index (χ2v) is 9.32. The Morgan fingerprint density at radius 3 is 1.95 bits per heavy atom. The molecule has 6 nitrogen and oxygen atoms in total. The third-order valence-electron chi connectivity index (χ3n) is 3.33. The molecule has 0 aliphatic heterocycles. The van der Waals surface area contributed by atoms with Crippen molar-refractivity contribution in [3.05, 3.63) is 35.9 Å². The number of carbonyl (C=O) groups excluding carboxylic acids is 1. The quantitative estimate of drug-likeness (QED) is 0.616. The fourth-order valence-corrected chi connectivity index (χ4v) is 5.77. The Morgan fingerprint density at radius 1 is 1.00 bits per heavy atom. The molecule has 124 valence electrons. The fourth-order valence-electron chi connectivity index (χ4n) is 2.50. The van der Waals surface area contributed by atoms with Crippen LogP contribution in [0.25, 0.3) is 0 Å². The first-order valence-corrected chi connectivity index (χ1v) is 8.87. The minimum absolute atomic E-state index is 0.0562. The Hall–Kier alpha value is -1.20. The van der Waals surface area contributed by atoms with Gasteiger partial charge in [0.25, 0.3) is 5.91 Å². The van der Waals surface area contributed by atoms with Gasteiger partial charge < -0.3 is 5.32 Å². The molecule has 1 N–H and O–H groups in total. The molecule has 1 aromatic rings. The van der Waals surface area contributed by atoms with Gasteiger partial charge in [0.1, 0.15) is 0 Å². The van der Waals surface area contributed by atoms with Gasteiger partial charge in [-0.1, -0.05) is 18.2 Å². The molecule has 0 spiro atoms. The molecule has 0 saturated heterocycles. The Morgan fingerprint density at radius 2 is 1.50 bits per heavy atom. The summed E-state index contributed by atoms with van der Waals surface area (Å²) in [6.45, 7) is 1.12. The highest BCUT2D eigenvalue weighted by molar-refractivity contribution is 7.59. The number of rotatable bonds is 7. The number of carbonyl (C=O) groups is 1. The molecule has 1 rings (SSSR count). The zero-order chi connectivity index (χ0) is 16.8. The zero-order valence-electron chi connectivity index (χ0n) is 14.4. The highest BCUT2D eigenvalue weighted by Gasteiger charge is 2.27. The molecule has 0 aromatic heterocycles. The monoisotopic (exact) mass is 325 g/mol. The van der Waals surface area contributed by atoms with Gasteiger partial charge in [-0.25, -0.2) is 0 Å². The largest absolute Gasteiger partial charge is 0.350 e. The predicted molar refractivity (Wildman–Crippen MR) is 94.1 cm³/mol. The van der Waals surface area contributed by atoms with Crippen molar-refractivity contribution in [1.29, 1.82) is 0 Å². The first-order valence-electron chi connectivity index (χ1n) is 7.27. The van der Waals surface area contributed by atoms with E-state index in [-0.39, 0.29) is 5.91 Å². The maximum Gasteiger partial charge on any atom is 0.251 e. The maximum absolute atomic E-state index is 12.0. The summed E-state index contributed by atoms with van der Waals surface area (Å²) in [7, 11) is 10.4. The minimum atomic E-state index is -1.87. The summed E-state index contributed by atoms with van der Waals surface area (Å²) < 4.78 is 11.4. The van der Waals surface area contributed by atoms with Gasteiger partial charge in [0.05, 0.1) is 6.54 Å². The molecule has 0 saturated carbocycles. The molecule has 22 heavy (non-hydrogen) atoms. The summed E-state index contributed by atoms with van der Waals surface area (Å²) in [5.41, 5.74) is 0.677. The summed E-state index contributed by atoms with van der Waals surface area (Å²) in [6.07, 6.45) is 0. The fraction of sp³-hybridized carbons (Fsp3) is 0.533. The van der Waals surface area contributed by atoms with Gasteiger partial charge in [0.2, 0.25) is 0 Å². The molecule has 0 aliphatic carbocycles. The number of nitrogens with zero attached hydrogens (tertiary/aromatic N) is 4. The van der Waals surface area contributed by atoms with E-state index in [1.807, 2.05) is 72.6 Å². The number of amides is 1. The molecule has 1 amide bonds. The van der Waals surface area contributed by atoms with Gasteiger partial charge in [-0.05, 0) is 54.4 Å². The molecule has 0 fully saturated rings. The molecule has 0 radical (unpaired) electrons. The van der Waals surface area contributed by atoms with Crippen molar-refractivity contribution < 1.29 is 4.79 Å². The number of hydrogen-bond donors (Lipinski definition) is 1. The normalized spacial score (nSPS) is 12.0. The third kappa shape index (κ3) is 4.40. The van der Waals surface area contributed by atoms with Gasteiger partial charge in [0, 0.05) is 12.1 Å². The van der Waals surface area contributed by atoms with Gasteiger partial charge in [-0.2, -0.15) is 0 Å². The smallest absolute Gasteiger partial charge is 0.251 e. The SMILES string of the molecule is CN(C)P(=NCCNC(=O)c1ccccc1)(N(C)C)N(C)C. The van der Waals surface area contributed by atoms with Crippen LogP contribution < -0.4 is 5.32 Å². The second-order valence-electron chi connectivity index (χ2n) is 5.57. The van der Waals surface area contributed by atoms with Crippen LogP contribution in [0.1, 0.15) is 10.4 Å². The van der Waals surface area contributed by atoms with E-state index in [4.69, 9.17) is 4.74 Å². The van der Waals surface area contributed by atoms with E-state index in [2.05, 4.69) is 19.3 Å². The standard InChI is InChI=1S/C15H28N5OP/c1-18(2)22(19(3)4,20(5)6)17-13-12-16-15(21)14-10-8-7-9-11-14/h7-11H,12-13H2,1-6H3,(H,16,21). The van der Waals surface area contributed by atoms with Crippen LogP contribution in [0.5, 0.6) is 0 Å². The molecular weight excluding hydrogens is 297 g/mol. The van der Waals surface area contributed by atoms with Crippen molar-refractivity contribution in [2.24, 2.45) is 4.74 Å². The van der Waals surface area contributed by atoms with E-state index < -0.39 is 7.51 Å². The molecule has 0 unspecified atom stereocenters. The van der Waals surface area contributed by atoms with Crippen molar-refractivity contribution in [2.45, 2.75) is 0 Å². The van der Waals surface area contributed by atoms with Crippen molar-refractivity contribution in [1.82, 2.24) is 19.3 Å². The minimum Gasteiger partial charge on any atom is -0.350 e. The van der Waals surface area contributed by atoms with Crippen molar-refractivity contribution in [3.63, 3.8) is 0 Å². The highest BCUT2D eigenvalue weighted by atomic mass is 31.2. The lowest BCUT2D eigenvalue weighted by Crippen LogP contribution is -2.32. The van der Waals surface area contributed by atoms with E-state index in [0.717, 1.165) is 0 Å². The van der Waals surface area contributed by atoms with Crippen LogP contribution in [0.15, 0.2) is 35.1 Å². The van der Waals surface area contributed by atoms with E-state index in [0.29, 0.717) is 18.7 Å². The Labute approximate surface area is 134 Å². The average molecular weight is 325 g/mol. The summed E-state index contributed by atoms with van der Waals surface area (Å²) >= 11 is 0. The first-order chi connectivity index (χ1) is 10.3. The zero-order valence-corrected chi connectivity index (χ0v) is 15.3. The van der Waals surface area contributed by atoms with E-state index in [9.17, 15) is 4.79 Å². The summed E-state index contributed by atoms with van der Waals surface area (Å²) in [5.74, 6) is -0.0562. The van der Waals surface area contributed by atoms with Crippen molar-refractivity contribution >= 4 is 13.4 Å². The molecule has 1 aromatic carbocycles. The lowest BCUT2D eigenvalue weighted by atomic mass is 10.2. The molecule has 7 heteroatoms. The molecule has 0 atom stereocenters. The van der Waals surface area contributed by atoms with Crippen LogP contribution in [0.3, 0.4) is 0 Å². The van der Waals surface area contributed by atoms with Crippen LogP contribution >= 0.6 is 7.51 Å². The van der Waals surface area contributed by atoms with Crippen molar-refractivity contribution in [3.8, 4) is 0 Å². The molecular formula is C15H28N5OP. The molecule has 0 aliphatic rings. The Kier molecular flexibility index (Phi) is 7.23. The summed E-state index contributed by atoms with van der Waals surface area (Å²) in [6, 6.07) is 9.24. The summed E-state index contributed by atoms with van der Waals surface area (Å²) in [5, 5.41) is 2.92. The summed E-state index contributed by atoms with van der Waals surface area (Å²) in [4.78, 5) is 12.0. The van der Waals surface area contributed by atoms with E-state index in [1.54, 1.807) is 0 Å². The lowest BCUT2D eigenvalue weighted by molar-refractivity contribution is 0.0955. The van der Waals surface area contributed by atoms with Gasteiger partial charge in [-0.15, -0.1) is 0 Å². The third-order valence-corrected chi connectivity index (χ3v) is 7.13. The number of hydrogen-bond acceptors (Lipinski definition) is 2. The van der Waals surface area contributed by atoms with Crippen LogP contribution in [0.2, 0.25) is 0 Å². The van der Waals surface area contributed by atoms with Gasteiger partial charge in [-0.3, -0.25) is 23.6 Å². The van der Waals surface area contributed by atoms with Crippen LogP contribution in [0.4, 0.5) is 0 Å². The average Bonchev–Trinajstić information content (AvgIpc) is 2.46. The van der Waals surface area contributed by atoms with Gasteiger partial charge >= 0.3 is 0 Å². The first kappa shape index (κ1) is 18.8. The Balaban J connectivity index is 2.71. The Bertz CT molecular complexity index is 499. The topological polar surface area (TPSA) is 51.2 Å². The van der Waals surface area contributed by atoms with Gasteiger partial charge in [0.15, 0.2) is 7.51 Å². The lowest BCUT2D eigenvalue weighted by Gasteiger charge is -2.41.